The monoisotopic (exact) mass is 328 g/mol. The Morgan fingerprint density at radius 2 is 2.25 bits per heavy atom. The van der Waals surface area contributed by atoms with Gasteiger partial charge in [0.05, 0.1) is 10.0 Å². The van der Waals surface area contributed by atoms with Crippen molar-refractivity contribution in [2.75, 3.05) is 4.72 Å². The van der Waals surface area contributed by atoms with Crippen molar-refractivity contribution in [3.8, 4) is 6.07 Å². The normalized spacial score (nSPS) is 15.0. The maximum Gasteiger partial charge on any atom is 0.272 e. The van der Waals surface area contributed by atoms with E-state index in [9.17, 15) is 13.7 Å². The van der Waals surface area contributed by atoms with Crippen molar-refractivity contribution in [2.45, 2.75) is 23.0 Å². The van der Waals surface area contributed by atoms with Crippen molar-refractivity contribution < 1.29 is 8.42 Å². The van der Waals surface area contributed by atoms with Crippen LogP contribution in [0.1, 0.15) is 30.0 Å². The molecule has 0 saturated heterocycles. The van der Waals surface area contributed by atoms with Crippen LogP contribution < -0.4 is 4.72 Å². The van der Waals surface area contributed by atoms with Gasteiger partial charge in [0.25, 0.3) is 10.0 Å². The molecular weight excluding hydrogens is 320 g/mol. The number of hydrogen-bond donors (Lipinski definition) is 2. The van der Waals surface area contributed by atoms with Crippen LogP contribution in [0.4, 0.5) is 5.82 Å². The Labute approximate surface area is 124 Å². The molecule has 0 spiro atoms. The molecule has 1 saturated carbocycles. The van der Waals surface area contributed by atoms with E-state index in [4.69, 9.17) is 11.6 Å². The van der Waals surface area contributed by atoms with Gasteiger partial charge in [-0.2, -0.15) is 10.4 Å². The highest BCUT2D eigenvalue weighted by Gasteiger charge is 2.31. The topological polar surface area (TPSA) is 98.6 Å². The van der Waals surface area contributed by atoms with E-state index in [0.29, 0.717) is 10.0 Å². The van der Waals surface area contributed by atoms with Gasteiger partial charge in [0, 0.05) is 5.92 Å². The number of thiophene rings is 1. The zero-order chi connectivity index (χ0) is 14.3. The lowest BCUT2D eigenvalue weighted by molar-refractivity contribution is 0.603. The standard InChI is InChI=1S/C11H9ClN4O2S2/c12-8-3-4-9(19-8)20(17,18)16-11-7(5-13)10(14-15-11)6-1-2-6/h3-4,6H,1-2H2,(H2,14,15,16). The third kappa shape index (κ3) is 2.40. The van der Waals surface area contributed by atoms with Crippen LogP contribution in [0.3, 0.4) is 0 Å². The summed E-state index contributed by atoms with van der Waals surface area (Å²) >= 11 is 6.68. The Balaban J connectivity index is 1.93. The lowest BCUT2D eigenvalue weighted by Gasteiger charge is -2.02. The first-order valence-corrected chi connectivity index (χ1v) is 8.45. The van der Waals surface area contributed by atoms with Gasteiger partial charge in [-0.1, -0.05) is 11.6 Å². The molecule has 0 atom stereocenters. The average Bonchev–Trinajstić information content (AvgIpc) is 3.02. The van der Waals surface area contributed by atoms with E-state index < -0.39 is 10.0 Å². The molecule has 0 aromatic carbocycles. The summed E-state index contributed by atoms with van der Waals surface area (Å²) in [6.07, 6.45) is 1.98. The number of aromatic nitrogens is 2. The van der Waals surface area contributed by atoms with E-state index >= 15 is 0 Å². The van der Waals surface area contributed by atoms with Crippen LogP contribution in [0.15, 0.2) is 16.3 Å². The Morgan fingerprint density at radius 3 is 2.80 bits per heavy atom. The molecule has 3 rings (SSSR count). The van der Waals surface area contributed by atoms with Gasteiger partial charge in [0.15, 0.2) is 5.82 Å². The van der Waals surface area contributed by atoms with Crippen LogP contribution in [-0.2, 0) is 10.0 Å². The molecule has 20 heavy (non-hydrogen) atoms. The summed E-state index contributed by atoms with van der Waals surface area (Å²) < 4.78 is 27.1. The maximum absolute atomic E-state index is 12.2. The minimum atomic E-state index is -3.77. The molecule has 0 amide bonds. The number of nitrogens with zero attached hydrogens (tertiary/aromatic N) is 2. The van der Waals surface area contributed by atoms with Gasteiger partial charge in [-0.25, -0.2) is 8.42 Å². The number of nitrogens with one attached hydrogen (secondary N) is 2. The molecule has 2 aromatic rings. The number of nitriles is 1. The Kier molecular flexibility index (Phi) is 3.20. The third-order valence-corrected chi connectivity index (χ3v) is 6.00. The van der Waals surface area contributed by atoms with Gasteiger partial charge in [-0.3, -0.25) is 9.82 Å². The van der Waals surface area contributed by atoms with Crippen molar-refractivity contribution in [2.24, 2.45) is 0 Å². The molecule has 2 heterocycles. The maximum atomic E-state index is 12.2. The summed E-state index contributed by atoms with van der Waals surface area (Å²) in [6, 6.07) is 4.92. The predicted molar refractivity (Wildman–Crippen MR) is 75.4 cm³/mol. The van der Waals surface area contributed by atoms with Gasteiger partial charge in [-0.15, -0.1) is 11.3 Å². The second-order valence-electron chi connectivity index (χ2n) is 4.41. The summed E-state index contributed by atoms with van der Waals surface area (Å²) in [5.74, 6) is 0.325. The number of hydrogen-bond acceptors (Lipinski definition) is 5. The molecule has 104 valence electrons. The number of rotatable bonds is 4. The van der Waals surface area contributed by atoms with E-state index in [0.717, 1.165) is 24.2 Å². The van der Waals surface area contributed by atoms with Crippen LogP contribution in [0.5, 0.6) is 0 Å². The minimum Gasteiger partial charge on any atom is -0.279 e. The number of aromatic amines is 1. The zero-order valence-electron chi connectivity index (χ0n) is 10.1. The minimum absolute atomic E-state index is 0.0407. The van der Waals surface area contributed by atoms with Crippen LogP contribution in [0.25, 0.3) is 0 Å². The molecule has 0 unspecified atom stereocenters. The lowest BCUT2D eigenvalue weighted by atomic mass is 10.2. The van der Waals surface area contributed by atoms with Gasteiger partial charge in [0.2, 0.25) is 0 Å². The molecule has 9 heteroatoms. The van der Waals surface area contributed by atoms with Crippen molar-refractivity contribution in [1.82, 2.24) is 10.2 Å². The average molecular weight is 329 g/mol. The predicted octanol–water partition coefficient (Wildman–Crippen LogP) is 2.67. The molecular formula is C11H9ClN4O2S2. The van der Waals surface area contributed by atoms with Crippen molar-refractivity contribution in [3.63, 3.8) is 0 Å². The summed E-state index contributed by atoms with van der Waals surface area (Å²) in [5, 5.41) is 15.8. The molecule has 0 bridgehead atoms. The number of sulfonamides is 1. The number of anilines is 1. The van der Waals surface area contributed by atoms with E-state index in [2.05, 4.69) is 14.9 Å². The van der Waals surface area contributed by atoms with Gasteiger partial charge in [0.1, 0.15) is 15.8 Å². The van der Waals surface area contributed by atoms with Crippen molar-refractivity contribution >= 4 is 38.8 Å². The van der Waals surface area contributed by atoms with E-state index in [1.54, 1.807) is 0 Å². The smallest absolute Gasteiger partial charge is 0.272 e. The van der Waals surface area contributed by atoms with Gasteiger partial charge < -0.3 is 0 Å². The van der Waals surface area contributed by atoms with E-state index in [1.807, 2.05) is 6.07 Å². The molecule has 2 N–H and O–H groups in total. The molecule has 0 radical (unpaired) electrons. The zero-order valence-corrected chi connectivity index (χ0v) is 12.4. The van der Waals surface area contributed by atoms with E-state index in [1.165, 1.54) is 12.1 Å². The molecule has 0 aliphatic heterocycles. The molecule has 6 nitrogen and oxygen atoms in total. The summed E-state index contributed by atoms with van der Waals surface area (Å²) in [6.45, 7) is 0. The van der Waals surface area contributed by atoms with Crippen LogP contribution in [0, 0.1) is 11.3 Å². The fraction of sp³-hybridized carbons (Fsp3) is 0.273. The number of H-pyrrole nitrogens is 1. The van der Waals surface area contributed by atoms with Gasteiger partial charge >= 0.3 is 0 Å². The Hall–Kier alpha value is -1.56. The number of halogens is 1. The van der Waals surface area contributed by atoms with E-state index in [-0.39, 0.29) is 21.5 Å². The highest BCUT2D eigenvalue weighted by atomic mass is 35.5. The first-order chi connectivity index (χ1) is 9.51. The van der Waals surface area contributed by atoms with Gasteiger partial charge in [-0.05, 0) is 25.0 Å². The lowest BCUT2D eigenvalue weighted by Crippen LogP contribution is -2.12. The highest BCUT2D eigenvalue weighted by Crippen LogP contribution is 2.42. The van der Waals surface area contributed by atoms with Crippen LogP contribution in [-0.4, -0.2) is 18.6 Å². The van der Waals surface area contributed by atoms with Crippen LogP contribution in [0.2, 0.25) is 4.34 Å². The highest BCUT2D eigenvalue weighted by molar-refractivity contribution is 7.94. The molecule has 1 aliphatic carbocycles. The third-order valence-electron chi connectivity index (χ3n) is 2.94. The SMILES string of the molecule is N#Cc1c(NS(=O)(=O)c2ccc(Cl)s2)n[nH]c1C1CC1. The summed E-state index contributed by atoms with van der Waals surface area (Å²) in [5.41, 5.74) is 0.966. The second kappa shape index (κ2) is 4.77. The fourth-order valence-corrected chi connectivity index (χ4v) is 4.33. The van der Waals surface area contributed by atoms with Crippen molar-refractivity contribution in [3.05, 3.63) is 27.7 Å². The quantitative estimate of drug-likeness (QED) is 0.901. The summed E-state index contributed by atoms with van der Waals surface area (Å²) in [7, 11) is -3.77. The van der Waals surface area contributed by atoms with Crippen LogP contribution >= 0.6 is 22.9 Å². The summed E-state index contributed by atoms with van der Waals surface area (Å²) in [4.78, 5) is 0. The second-order valence-corrected chi connectivity index (χ2v) is 8.04. The first-order valence-electron chi connectivity index (χ1n) is 5.78. The largest absolute Gasteiger partial charge is 0.279 e. The Bertz CT molecular complexity index is 799. The Morgan fingerprint density at radius 1 is 1.50 bits per heavy atom. The molecule has 1 fully saturated rings. The molecule has 2 aromatic heterocycles. The fourth-order valence-electron chi connectivity index (χ4n) is 1.83. The van der Waals surface area contributed by atoms with Crippen molar-refractivity contribution in [1.29, 1.82) is 5.26 Å². The first kappa shape index (κ1) is 13.4. The molecule has 1 aliphatic rings.